The first-order chi connectivity index (χ1) is 11.9. The van der Waals surface area contributed by atoms with Crippen molar-refractivity contribution in [1.29, 1.82) is 0 Å². The van der Waals surface area contributed by atoms with Crippen molar-refractivity contribution in [3.63, 3.8) is 0 Å². The van der Waals surface area contributed by atoms with Gasteiger partial charge >= 0.3 is 11.8 Å². The van der Waals surface area contributed by atoms with Gasteiger partial charge in [0.25, 0.3) is 0 Å². The summed E-state index contributed by atoms with van der Waals surface area (Å²) in [6.45, 7) is 0. The third-order valence-electron chi connectivity index (χ3n) is 2.98. The van der Waals surface area contributed by atoms with Crippen molar-refractivity contribution in [2.45, 2.75) is 0 Å². The Balaban J connectivity index is 2.00. The van der Waals surface area contributed by atoms with Crippen LogP contribution in [0.1, 0.15) is 5.56 Å². The highest BCUT2D eigenvalue weighted by Gasteiger charge is 2.15. The predicted octanol–water partition coefficient (Wildman–Crippen LogP) is 3.85. The van der Waals surface area contributed by atoms with E-state index < -0.39 is 11.8 Å². The zero-order valence-electron chi connectivity index (χ0n) is 12.8. The number of carbonyl (C=O) groups excluding carboxylic acids is 2. The van der Waals surface area contributed by atoms with Gasteiger partial charge in [0.1, 0.15) is 5.75 Å². The fourth-order valence-electron chi connectivity index (χ4n) is 1.74. The van der Waals surface area contributed by atoms with Crippen LogP contribution in [0, 0.1) is 0 Å². The zero-order valence-corrected chi connectivity index (χ0v) is 15.9. The molecule has 25 heavy (non-hydrogen) atoms. The summed E-state index contributed by atoms with van der Waals surface area (Å²) in [6.07, 6.45) is 1.38. The second kappa shape index (κ2) is 8.84. The highest BCUT2D eigenvalue weighted by Crippen LogP contribution is 2.29. The molecule has 0 radical (unpaired) electrons. The van der Waals surface area contributed by atoms with E-state index in [1.54, 1.807) is 30.3 Å². The van der Waals surface area contributed by atoms with E-state index in [9.17, 15) is 9.59 Å². The summed E-state index contributed by atoms with van der Waals surface area (Å²) >= 11 is 15.1. The molecule has 0 aliphatic heterocycles. The Labute approximate surface area is 162 Å². The molecule has 0 atom stereocenters. The Morgan fingerprint density at radius 3 is 2.68 bits per heavy atom. The molecule has 2 N–H and O–H groups in total. The number of methoxy groups -OCH3 is 1. The highest BCUT2D eigenvalue weighted by molar-refractivity contribution is 9.10. The molecule has 130 valence electrons. The van der Waals surface area contributed by atoms with Gasteiger partial charge in [-0.05, 0) is 30.3 Å². The molecule has 2 rings (SSSR count). The van der Waals surface area contributed by atoms with Crippen LogP contribution in [0.5, 0.6) is 5.75 Å². The van der Waals surface area contributed by atoms with Crippen molar-refractivity contribution in [2.24, 2.45) is 5.10 Å². The lowest BCUT2D eigenvalue weighted by molar-refractivity contribution is -0.136. The lowest BCUT2D eigenvalue weighted by atomic mass is 10.2. The number of hydrogen-bond donors (Lipinski definition) is 2. The van der Waals surface area contributed by atoms with E-state index in [1.165, 1.54) is 19.4 Å². The lowest BCUT2D eigenvalue weighted by Gasteiger charge is -2.07. The summed E-state index contributed by atoms with van der Waals surface area (Å²) in [5.41, 5.74) is 3.03. The first-order valence-corrected chi connectivity index (χ1v) is 8.39. The molecule has 0 saturated carbocycles. The van der Waals surface area contributed by atoms with Crippen molar-refractivity contribution in [1.82, 2.24) is 5.43 Å². The number of anilines is 1. The van der Waals surface area contributed by atoms with Gasteiger partial charge in [-0.2, -0.15) is 5.10 Å². The van der Waals surface area contributed by atoms with E-state index >= 15 is 0 Å². The molecule has 0 aliphatic carbocycles. The monoisotopic (exact) mass is 443 g/mol. The van der Waals surface area contributed by atoms with Crippen LogP contribution in [0.4, 0.5) is 5.69 Å². The first kappa shape index (κ1) is 19.2. The van der Waals surface area contributed by atoms with Crippen LogP contribution >= 0.6 is 39.1 Å². The molecule has 6 nitrogen and oxygen atoms in total. The largest absolute Gasteiger partial charge is 0.497 e. The molecule has 0 saturated heterocycles. The number of rotatable bonds is 4. The molecular formula is C16H12BrCl2N3O3. The Hall–Kier alpha value is -2.09. The molecule has 0 bridgehead atoms. The molecule has 0 unspecified atom stereocenters. The predicted molar refractivity (Wildman–Crippen MR) is 102 cm³/mol. The molecule has 2 aromatic carbocycles. The van der Waals surface area contributed by atoms with Crippen LogP contribution in [-0.2, 0) is 9.59 Å². The smallest absolute Gasteiger partial charge is 0.329 e. The lowest BCUT2D eigenvalue weighted by Crippen LogP contribution is -2.32. The van der Waals surface area contributed by atoms with Gasteiger partial charge in [-0.3, -0.25) is 9.59 Å². The number of halogens is 3. The van der Waals surface area contributed by atoms with E-state index in [0.29, 0.717) is 11.3 Å². The van der Waals surface area contributed by atoms with E-state index in [0.717, 1.165) is 4.47 Å². The summed E-state index contributed by atoms with van der Waals surface area (Å²) in [7, 11) is 1.54. The van der Waals surface area contributed by atoms with Crippen LogP contribution in [-0.4, -0.2) is 25.1 Å². The SMILES string of the molecule is COc1ccc(Br)c(/C=N/NC(=O)C(=O)Nc2cccc(Cl)c2Cl)c1. The zero-order chi connectivity index (χ0) is 18.4. The normalized spacial score (nSPS) is 10.6. The molecule has 0 aliphatic rings. The quantitative estimate of drug-likeness (QED) is 0.427. The van der Waals surface area contributed by atoms with Crippen molar-refractivity contribution in [2.75, 3.05) is 12.4 Å². The highest BCUT2D eigenvalue weighted by atomic mass is 79.9. The summed E-state index contributed by atoms with van der Waals surface area (Å²) in [4.78, 5) is 23.7. The number of amides is 2. The van der Waals surface area contributed by atoms with E-state index in [2.05, 4.69) is 31.8 Å². The minimum absolute atomic E-state index is 0.147. The van der Waals surface area contributed by atoms with Gasteiger partial charge in [0, 0.05) is 10.0 Å². The number of nitrogens with one attached hydrogen (secondary N) is 2. The van der Waals surface area contributed by atoms with Gasteiger partial charge in [0.2, 0.25) is 0 Å². The fourth-order valence-corrected chi connectivity index (χ4v) is 2.44. The maximum Gasteiger partial charge on any atom is 0.329 e. The molecule has 0 aromatic heterocycles. The fraction of sp³-hybridized carbons (Fsp3) is 0.0625. The van der Waals surface area contributed by atoms with Crippen molar-refractivity contribution < 1.29 is 14.3 Å². The van der Waals surface area contributed by atoms with Crippen LogP contribution in [0.3, 0.4) is 0 Å². The van der Waals surface area contributed by atoms with Crippen LogP contribution in [0.2, 0.25) is 10.0 Å². The van der Waals surface area contributed by atoms with E-state index in [1.807, 2.05) is 0 Å². The molecule has 0 heterocycles. The second-order valence-corrected chi connectivity index (χ2v) is 6.28. The number of nitrogens with zero attached hydrogens (tertiary/aromatic N) is 1. The van der Waals surface area contributed by atoms with Crippen molar-refractivity contribution in [3.8, 4) is 5.75 Å². The maximum absolute atomic E-state index is 11.9. The summed E-state index contributed by atoms with van der Waals surface area (Å²) in [5.74, 6) is -1.25. The van der Waals surface area contributed by atoms with E-state index in [-0.39, 0.29) is 15.7 Å². The van der Waals surface area contributed by atoms with Gasteiger partial charge in [-0.15, -0.1) is 0 Å². The van der Waals surface area contributed by atoms with Gasteiger partial charge < -0.3 is 10.1 Å². The Bertz CT molecular complexity index is 843. The minimum atomic E-state index is -0.952. The maximum atomic E-state index is 11.9. The molecule has 2 aromatic rings. The second-order valence-electron chi connectivity index (χ2n) is 4.64. The Kier molecular flexibility index (Phi) is 6.81. The van der Waals surface area contributed by atoms with Crippen LogP contribution in [0.25, 0.3) is 0 Å². The van der Waals surface area contributed by atoms with E-state index in [4.69, 9.17) is 27.9 Å². The topological polar surface area (TPSA) is 79.8 Å². The number of hydrogen-bond acceptors (Lipinski definition) is 4. The molecule has 2 amide bonds. The van der Waals surface area contributed by atoms with Gasteiger partial charge in [-0.1, -0.05) is 45.2 Å². The minimum Gasteiger partial charge on any atom is -0.497 e. The molecular weight excluding hydrogens is 433 g/mol. The number of carbonyl (C=O) groups is 2. The Morgan fingerprint density at radius 2 is 1.96 bits per heavy atom. The molecule has 0 spiro atoms. The summed E-state index contributed by atoms with van der Waals surface area (Å²) in [5, 5.41) is 6.52. The summed E-state index contributed by atoms with van der Waals surface area (Å²) in [6, 6.07) is 9.94. The average molecular weight is 445 g/mol. The number of ether oxygens (including phenoxy) is 1. The molecule has 0 fully saturated rings. The van der Waals surface area contributed by atoms with Gasteiger partial charge in [-0.25, -0.2) is 5.43 Å². The standard InChI is InChI=1S/C16H12BrCl2N3O3/c1-25-10-5-6-11(17)9(7-10)8-20-22-16(24)15(23)21-13-4-2-3-12(18)14(13)19/h2-8H,1H3,(H,21,23)(H,22,24)/b20-8+. The number of hydrazone groups is 1. The Morgan fingerprint density at radius 1 is 1.20 bits per heavy atom. The summed E-state index contributed by atoms with van der Waals surface area (Å²) < 4.78 is 5.86. The van der Waals surface area contributed by atoms with Gasteiger partial charge in [0.05, 0.1) is 29.1 Å². The van der Waals surface area contributed by atoms with Crippen LogP contribution in [0.15, 0.2) is 46.0 Å². The average Bonchev–Trinajstić information content (AvgIpc) is 2.60. The van der Waals surface area contributed by atoms with Crippen molar-refractivity contribution in [3.05, 3.63) is 56.5 Å². The van der Waals surface area contributed by atoms with Gasteiger partial charge in [0.15, 0.2) is 0 Å². The molecule has 9 heteroatoms. The number of benzene rings is 2. The van der Waals surface area contributed by atoms with Crippen LogP contribution < -0.4 is 15.5 Å². The third kappa shape index (κ3) is 5.19. The third-order valence-corrected chi connectivity index (χ3v) is 4.52. The first-order valence-electron chi connectivity index (χ1n) is 6.84. The van der Waals surface area contributed by atoms with Crippen molar-refractivity contribution >= 4 is 62.8 Å².